The molecule has 3 heteroatoms. The molecule has 0 radical (unpaired) electrons. The predicted octanol–water partition coefficient (Wildman–Crippen LogP) is 1.60. The van der Waals surface area contributed by atoms with Crippen molar-refractivity contribution in [1.82, 2.24) is 4.98 Å². The van der Waals surface area contributed by atoms with E-state index in [-0.39, 0.29) is 0 Å². The first-order valence-corrected chi connectivity index (χ1v) is 4.88. The average molecular weight is 200 g/mol. The van der Waals surface area contributed by atoms with Gasteiger partial charge in [0.25, 0.3) is 5.65 Å². The van der Waals surface area contributed by atoms with Crippen molar-refractivity contribution in [3.63, 3.8) is 0 Å². The first-order chi connectivity index (χ1) is 7.24. The van der Waals surface area contributed by atoms with Crippen molar-refractivity contribution in [2.75, 3.05) is 5.73 Å². The number of rotatable bonds is 2. The van der Waals surface area contributed by atoms with E-state index < -0.39 is 0 Å². The first kappa shape index (κ1) is 9.65. The Labute approximate surface area is 88.9 Å². The molecule has 2 aromatic heterocycles. The van der Waals surface area contributed by atoms with Crippen LogP contribution in [0, 0.1) is 6.92 Å². The molecular weight excluding hydrogens is 186 g/mol. The number of hydrogen-bond acceptors (Lipinski definition) is 2. The van der Waals surface area contributed by atoms with Crippen molar-refractivity contribution in [3.05, 3.63) is 42.6 Å². The third-order valence-electron chi connectivity index (χ3n) is 2.45. The van der Waals surface area contributed by atoms with Gasteiger partial charge in [0, 0.05) is 6.07 Å². The standard InChI is InChI=1S/C12H13N3/c1-3-7-15-11(13)8-9(2)10-5-4-6-14-12(10)15/h3-6,8,13H,1,7H2,2H3/p+1. The Morgan fingerprint density at radius 3 is 3.13 bits per heavy atom. The quantitative estimate of drug-likeness (QED) is 0.591. The number of aromatic nitrogens is 2. The van der Waals surface area contributed by atoms with Gasteiger partial charge in [-0.25, -0.2) is 4.57 Å². The summed E-state index contributed by atoms with van der Waals surface area (Å²) in [6.07, 6.45) is 3.60. The van der Waals surface area contributed by atoms with Gasteiger partial charge in [-0.05, 0) is 24.6 Å². The summed E-state index contributed by atoms with van der Waals surface area (Å²) in [6, 6.07) is 5.95. The van der Waals surface area contributed by atoms with Crippen molar-refractivity contribution >= 4 is 16.9 Å². The molecule has 2 heterocycles. The van der Waals surface area contributed by atoms with Crippen molar-refractivity contribution in [3.8, 4) is 0 Å². The van der Waals surface area contributed by atoms with Crippen molar-refractivity contribution in [2.24, 2.45) is 0 Å². The Morgan fingerprint density at radius 1 is 1.60 bits per heavy atom. The van der Waals surface area contributed by atoms with E-state index in [1.165, 1.54) is 0 Å². The lowest BCUT2D eigenvalue weighted by atomic mass is 10.1. The van der Waals surface area contributed by atoms with Gasteiger partial charge in [0.15, 0.2) is 0 Å². The molecule has 0 bridgehead atoms. The molecule has 2 rings (SSSR count). The van der Waals surface area contributed by atoms with Gasteiger partial charge in [-0.2, -0.15) is 0 Å². The molecule has 15 heavy (non-hydrogen) atoms. The molecule has 0 aliphatic carbocycles. The Morgan fingerprint density at radius 2 is 2.40 bits per heavy atom. The van der Waals surface area contributed by atoms with E-state index in [4.69, 9.17) is 5.73 Å². The Balaban J connectivity index is 2.83. The Hall–Kier alpha value is -1.90. The number of anilines is 1. The SMILES string of the molecule is C=CC[n+]1c(N)cc(C)c2cccnc21. The molecule has 0 saturated heterocycles. The topological polar surface area (TPSA) is 42.8 Å². The summed E-state index contributed by atoms with van der Waals surface area (Å²) in [4.78, 5) is 4.36. The third-order valence-corrected chi connectivity index (χ3v) is 2.45. The summed E-state index contributed by atoms with van der Waals surface area (Å²) in [7, 11) is 0. The van der Waals surface area contributed by atoms with E-state index in [9.17, 15) is 0 Å². The fourth-order valence-corrected chi connectivity index (χ4v) is 1.74. The second kappa shape index (κ2) is 3.69. The summed E-state index contributed by atoms with van der Waals surface area (Å²) >= 11 is 0. The normalized spacial score (nSPS) is 10.5. The number of nitrogen functional groups attached to an aromatic ring is 1. The minimum absolute atomic E-state index is 0.680. The van der Waals surface area contributed by atoms with Crippen LogP contribution in [0.25, 0.3) is 11.0 Å². The summed E-state index contributed by atoms with van der Waals surface area (Å²) in [5, 5.41) is 1.13. The Kier molecular flexibility index (Phi) is 2.37. The maximum atomic E-state index is 5.95. The van der Waals surface area contributed by atoms with Gasteiger partial charge in [-0.3, -0.25) is 0 Å². The van der Waals surface area contributed by atoms with E-state index in [2.05, 4.69) is 17.6 Å². The maximum Gasteiger partial charge on any atom is 0.270 e. The molecule has 0 aliphatic heterocycles. The number of hydrogen-bond donors (Lipinski definition) is 1. The van der Waals surface area contributed by atoms with Gasteiger partial charge in [-0.1, -0.05) is 12.7 Å². The fraction of sp³-hybridized carbons (Fsp3) is 0.167. The number of nitrogens with zero attached hydrogens (tertiary/aromatic N) is 2. The third kappa shape index (κ3) is 1.56. The van der Waals surface area contributed by atoms with Crippen LogP contribution in [0.4, 0.5) is 5.82 Å². The van der Waals surface area contributed by atoms with E-state index in [1.807, 2.05) is 29.7 Å². The zero-order valence-electron chi connectivity index (χ0n) is 8.77. The number of nitrogens with two attached hydrogens (primary N) is 1. The van der Waals surface area contributed by atoms with Crippen LogP contribution >= 0.6 is 0 Å². The highest BCUT2D eigenvalue weighted by Gasteiger charge is 2.11. The maximum absolute atomic E-state index is 5.95. The van der Waals surface area contributed by atoms with Gasteiger partial charge in [0.1, 0.15) is 6.20 Å². The molecule has 0 saturated carbocycles. The molecule has 0 fully saturated rings. The molecule has 0 unspecified atom stereocenters. The highest BCUT2D eigenvalue weighted by Crippen LogP contribution is 2.14. The van der Waals surface area contributed by atoms with Crippen LogP contribution in [0.3, 0.4) is 0 Å². The van der Waals surface area contributed by atoms with Gasteiger partial charge < -0.3 is 5.73 Å². The monoisotopic (exact) mass is 200 g/mol. The molecule has 0 aromatic carbocycles. The first-order valence-electron chi connectivity index (χ1n) is 4.88. The molecular formula is C12H14N3+. The lowest BCUT2D eigenvalue weighted by Gasteiger charge is -2.06. The zero-order chi connectivity index (χ0) is 10.8. The molecule has 2 aromatic rings. The van der Waals surface area contributed by atoms with Crippen LogP contribution in [0.15, 0.2) is 37.1 Å². The lowest BCUT2D eigenvalue weighted by Crippen LogP contribution is -2.38. The predicted molar refractivity (Wildman–Crippen MR) is 61.3 cm³/mol. The van der Waals surface area contributed by atoms with Gasteiger partial charge in [-0.15, -0.1) is 4.98 Å². The number of aryl methyl sites for hydroxylation is 1. The average Bonchev–Trinajstić information content (AvgIpc) is 2.24. The minimum atomic E-state index is 0.680. The van der Waals surface area contributed by atoms with Crippen LogP contribution in [-0.4, -0.2) is 4.98 Å². The lowest BCUT2D eigenvalue weighted by molar-refractivity contribution is -0.648. The highest BCUT2D eigenvalue weighted by atomic mass is 15.1. The van der Waals surface area contributed by atoms with Gasteiger partial charge in [0.2, 0.25) is 5.82 Å². The molecule has 76 valence electrons. The van der Waals surface area contributed by atoms with E-state index in [0.29, 0.717) is 6.54 Å². The van der Waals surface area contributed by atoms with E-state index >= 15 is 0 Å². The summed E-state index contributed by atoms with van der Waals surface area (Å²) in [5.74, 6) is 0.721. The number of fused-ring (bicyclic) bond motifs is 1. The fourth-order valence-electron chi connectivity index (χ4n) is 1.74. The Bertz CT molecular complexity index is 518. The van der Waals surface area contributed by atoms with Crippen molar-refractivity contribution in [2.45, 2.75) is 13.5 Å². The molecule has 0 spiro atoms. The van der Waals surface area contributed by atoms with Gasteiger partial charge >= 0.3 is 0 Å². The summed E-state index contributed by atoms with van der Waals surface area (Å²) < 4.78 is 1.95. The van der Waals surface area contributed by atoms with Crippen LogP contribution in [0.2, 0.25) is 0 Å². The molecule has 0 atom stereocenters. The molecule has 0 amide bonds. The number of pyridine rings is 2. The van der Waals surface area contributed by atoms with Crippen LogP contribution in [-0.2, 0) is 6.54 Å². The summed E-state index contributed by atoms with van der Waals surface area (Å²) in [6.45, 7) is 6.44. The van der Waals surface area contributed by atoms with Crippen LogP contribution < -0.4 is 10.3 Å². The molecule has 3 nitrogen and oxygen atoms in total. The minimum Gasteiger partial charge on any atom is -0.319 e. The van der Waals surface area contributed by atoms with Crippen molar-refractivity contribution < 1.29 is 4.57 Å². The van der Waals surface area contributed by atoms with E-state index in [1.54, 1.807) is 6.20 Å². The van der Waals surface area contributed by atoms with Gasteiger partial charge in [0.05, 0.1) is 11.9 Å². The molecule has 0 aliphatic rings. The highest BCUT2D eigenvalue weighted by molar-refractivity contribution is 5.76. The smallest absolute Gasteiger partial charge is 0.270 e. The van der Waals surface area contributed by atoms with E-state index in [0.717, 1.165) is 22.4 Å². The summed E-state index contributed by atoms with van der Waals surface area (Å²) in [5.41, 5.74) is 8.01. The van der Waals surface area contributed by atoms with Crippen molar-refractivity contribution in [1.29, 1.82) is 0 Å². The largest absolute Gasteiger partial charge is 0.319 e. The van der Waals surface area contributed by atoms with Crippen LogP contribution in [0.1, 0.15) is 5.56 Å². The second-order valence-corrected chi connectivity index (χ2v) is 3.53. The van der Waals surface area contributed by atoms with Crippen LogP contribution in [0.5, 0.6) is 0 Å². The second-order valence-electron chi connectivity index (χ2n) is 3.53. The number of allylic oxidation sites excluding steroid dienone is 1. The zero-order valence-corrected chi connectivity index (χ0v) is 8.77. The molecule has 2 N–H and O–H groups in total.